The first-order valence-corrected chi connectivity index (χ1v) is 9.73. The Morgan fingerprint density at radius 1 is 1.25 bits per heavy atom. The molecular weight excluding hydrogens is 300 g/mol. The maximum atomic E-state index is 12.5. The largest absolute Gasteiger partial charge is 0.498 e. The quantitative estimate of drug-likeness (QED) is 0.850. The zero-order valence-electron chi connectivity index (χ0n) is 15.0. The number of allylic oxidation sites excluding steroid dienone is 3. The van der Waals surface area contributed by atoms with Gasteiger partial charge in [-0.15, -0.1) is 0 Å². The van der Waals surface area contributed by atoms with E-state index in [1.54, 1.807) is 0 Å². The molecule has 3 nitrogen and oxygen atoms in total. The highest BCUT2D eigenvalue weighted by Crippen LogP contribution is 2.63. The third-order valence-corrected chi connectivity index (χ3v) is 7.79. The summed E-state index contributed by atoms with van der Waals surface area (Å²) in [4.78, 5) is 12.5. The predicted molar refractivity (Wildman–Crippen MR) is 93.2 cm³/mol. The molecule has 2 saturated carbocycles. The van der Waals surface area contributed by atoms with Gasteiger partial charge in [0.05, 0.1) is 19.0 Å². The minimum absolute atomic E-state index is 0.0931. The van der Waals surface area contributed by atoms with Gasteiger partial charge in [-0.2, -0.15) is 0 Å². The molecular formula is C21H30O3. The summed E-state index contributed by atoms with van der Waals surface area (Å²) in [6.45, 7) is 5.17. The Hall–Kier alpha value is -1.09. The average molecular weight is 330 g/mol. The van der Waals surface area contributed by atoms with Crippen molar-refractivity contribution in [1.29, 1.82) is 0 Å². The highest BCUT2D eigenvalue weighted by atomic mass is 16.5. The Labute approximate surface area is 145 Å². The predicted octanol–water partition coefficient (Wildman–Crippen LogP) is 4.02. The van der Waals surface area contributed by atoms with E-state index < -0.39 is 0 Å². The van der Waals surface area contributed by atoms with Crippen LogP contribution in [0.1, 0.15) is 58.8 Å². The molecule has 0 amide bonds. The molecule has 4 rings (SSSR count). The standard InChI is InChI=1S/C21H30O3/c1-3-24-15-8-11-21(13-22)14(12-15)4-5-16-17-6-7-19(23)20(17,2)10-9-18(16)21/h4,12,16-18,22H,3,5-11,13H2,1-2H3/t16-,17-,18-,20-,21+/m0/s1. The minimum atomic E-state index is -0.101. The number of rotatable bonds is 3. The average Bonchev–Trinajstić information content (AvgIpc) is 2.90. The Morgan fingerprint density at radius 2 is 2.08 bits per heavy atom. The van der Waals surface area contributed by atoms with Crippen molar-refractivity contribution in [1.82, 2.24) is 0 Å². The number of carbonyl (C=O) groups excluding carboxylic acids is 1. The topological polar surface area (TPSA) is 46.5 Å². The van der Waals surface area contributed by atoms with Crippen molar-refractivity contribution in [3.8, 4) is 0 Å². The molecule has 132 valence electrons. The van der Waals surface area contributed by atoms with Gasteiger partial charge in [0.2, 0.25) is 0 Å². The monoisotopic (exact) mass is 330 g/mol. The first-order chi connectivity index (χ1) is 11.5. The molecule has 0 saturated heterocycles. The van der Waals surface area contributed by atoms with Crippen LogP contribution in [0.5, 0.6) is 0 Å². The van der Waals surface area contributed by atoms with Crippen LogP contribution < -0.4 is 0 Å². The van der Waals surface area contributed by atoms with Crippen LogP contribution in [0.25, 0.3) is 0 Å². The number of carbonyl (C=O) groups is 1. The number of ketones is 1. The van der Waals surface area contributed by atoms with Crippen LogP contribution in [-0.2, 0) is 9.53 Å². The summed E-state index contributed by atoms with van der Waals surface area (Å²) in [5.74, 6) is 3.16. The summed E-state index contributed by atoms with van der Waals surface area (Å²) in [6, 6.07) is 0. The Balaban J connectivity index is 1.70. The molecule has 0 aromatic heterocycles. The van der Waals surface area contributed by atoms with E-state index in [2.05, 4.69) is 19.1 Å². The van der Waals surface area contributed by atoms with Crippen LogP contribution in [0.15, 0.2) is 23.5 Å². The summed E-state index contributed by atoms with van der Waals surface area (Å²) in [5.41, 5.74) is 1.11. The lowest BCUT2D eigenvalue weighted by Gasteiger charge is -2.56. The molecule has 3 heteroatoms. The number of Topliss-reactive ketones (excluding diaryl/α,β-unsaturated/α-hetero) is 1. The molecule has 0 aromatic carbocycles. The number of hydrogen-bond acceptors (Lipinski definition) is 3. The van der Waals surface area contributed by atoms with Gasteiger partial charge in [0.25, 0.3) is 0 Å². The molecule has 0 aromatic rings. The van der Waals surface area contributed by atoms with Gasteiger partial charge in [0, 0.05) is 23.7 Å². The zero-order valence-corrected chi connectivity index (χ0v) is 15.0. The summed E-state index contributed by atoms with van der Waals surface area (Å²) < 4.78 is 5.75. The lowest BCUT2D eigenvalue weighted by molar-refractivity contribution is -0.132. The second-order valence-electron chi connectivity index (χ2n) is 8.55. The number of fused-ring (bicyclic) bond motifs is 5. The lowest BCUT2D eigenvalue weighted by Crippen LogP contribution is -2.51. The molecule has 0 radical (unpaired) electrons. The third kappa shape index (κ3) is 2.09. The van der Waals surface area contributed by atoms with Crippen molar-refractivity contribution < 1.29 is 14.6 Å². The molecule has 4 aliphatic carbocycles. The normalized spacial score (nSPS) is 44.1. The molecule has 0 unspecified atom stereocenters. The molecule has 0 aliphatic heterocycles. The van der Waals surface area contributed by atoms with Crippen molar-refractivity contribution in [2.24, 2.45) is 28.6 Å². The van der Waals surface area contributed by atoms with Crippen molar-refractivity contribution in [2.45, 2.75) is 58.8 Å². The molecule has 24 heavy (non-hydrogen) atoms. The van der Waals surface area contributed by atoms with E-state index in [1.807, 2.05) is 6.92 Å². The van der Waals surface area contributed by atoms with Gasteiger partial charge < -0.3 is 9.84 Å². The highest BCUT2D eigenvalue weighted by molar-refractivity contribution is 5.87. The van der Waals surface area contributed by atoms with E-state index in [-0.39, 0.29) is 17.4 Å². The fourth-order valence-corrected chi connectivity index (χ4v) is 6.46. The van der Waals surface area contributed by atoms with E-state index in [1.165, 1.54) is 5.57 Å². The van der Waals surface area contributed by atoms with Gasteiger partial charge in [0.1, 0.15) is 5.78 Å². The maximum absolute atomic E-state index is 12.5. The molecule has 5 atom stereocenters. The van der Waals surface area contributed by atoms with Gasteiger partial charge >= 0.3 is 0 Å². The molecule has 4 aliphatic rings. The SMILES string of the molecule is CCOC1=CC2=CC[C@@H]3[C@H](CC[C@]4(C)C(=O)CC[C@@H]34)[C@@]2(CO)CC1. The van der Waals surface area contributed by atoms with Crippen molar-refractivity contribution in [2.75, 3.05) is 13.2 Å². The van der Waals surface area contributed by atoms with E-state index in [0.29, 0.717) is 30.1 Å². The first-order valence-electron chi connectivity index (χ1n) is 9.73. The fraction of sp³-hybridized carbons (Fsp3) is 0.762. The smallest absolute Gasteiger partial charge is 0.139 e. The van der Waals surface area contributed by atoms with E-state index >= 15 is 0 Å². The molecule has 0 spiro atoms. The molecule has 1 N–H and O–H groups in total. The van der Waals surface area contributed by atoms with Crippen LogP contribution in [0.4, 0.5) is 0 Å². The zero-order chi connectivity index (χ0) is 16.9. The van der Waals surface area contributed by atoms with Crippen LogP contribution in [0.3, 0.4) is 0 Å². The highest BCUT2D eigenvalue weighted by Gasteiger charge is 2.59. The summed E-state index contributed by atoms with van der Waals surface area (Å²) in [7, 11) is 0. The number of aliphatic hydroxyl groups excluding tert-OH is 1. The van der Waals surface area contributed by atoms with E-state index in [4.69, 9.17) is 4.74 Å². The lowest BCUT2D eigenvalue weighted by atomic mass is 9.48. The second kappa shape index (κ2) is 5.72. The van der Waals surface area contributed by atoms with Crippen LogP contribution >= 0.6 is 0 Å². The van der Waals surface area contributed by atoms with E-state index in [0.717, 1.165) is 50.7 Å². The number of aliphatic hydroxyl groups is 1. The number of ether oxygens (including phenoxy) is 1. The van der Waals surface area contributed by atoms with E-state index in [9.17, 15) is 9.90 Å². The summed E-state index contributed by atoms with van der Waals surface area (Å²) >= 11 is 0. The molecule has 0 bridgehead atoms. The van der Waals surface area contributed by atoms with Crippen LogP contribution in [0.2, 0.25) is 0 Å². The van der Waals surface area contributed by atoms with Crippen molar-refractivity contribution in [3.05, 3.63) is 23.5 Å². The summed E-state index contributed by atoms with van der Waals surface area (Å²) in [6.07, 6.45) is 11.4. The van der Waals surface area contributed by atoms with Gasteiger partial charge in [-0.25, -0.2) is 0 Å². The van der Waals surface area contributed by atoms with Crippen LogP contribution in [0, 0.1) is 28.6 Å². The minimum Gasteiger partial charge on any atom is -0.498 e. The molecule has 0 heterocycles. The van der Waals surface area contributed by atoms with Gasteiger partial charge in [0.15, 0.2) is 0 Å². The fourth-order valence-electron chi connectivity index (χ4n) is 6.46. The first kappa shape index (κ1) is 16.4. The Bertz CT molecular complexity index is 604. The Morgan fingerprint density at radius 3 is 2.83 bits per heavy atom. The van der Waals surface area contributed by atoms with Gasteiger partial charge in [-0.1, -0.05) is 13.0 Å². The van der Waals surface area contributed by atoms with Crippen LogP contribution in [-0.4, -0.2) is 24.1 Å². The van der Waals surface area contributed by atoms with Crippen molar-refractivity contribution in [3.63, 3.8) is 0 Å². The van der Waals surface area contributed by atoms with Crippen molar-refractivity contribution >= 4 is 5.78 Å². The number of hydrogen-bond donors (Lipinski definition) is 1. The molecule has 2 fully saturated rings. The van der Waals surface area contributed by atoms with Gasteiger partial charge in [-0.3, -0.25) is 4.79 Å². The van der Waals surface area contributed by atoms with Gasteiger partial charge in [-0.05, 0) is 68.4 Å². The maximum Gasteiger partial charge on any atom is 0.139 e. The Kier molecular flexibility index (Phi) is 3.91. The summed E-state index contributed by atoms with van der Waals surface area (Å²) in [5, 5.41) is 10.4. The third-order valence-electron chi connectivity index (χ3n) is 7.79. The second-order valence-corrected chi connectivity index (χ2v) is 8.55.